The third kappa shape index (κ3) is 9.39. The van der Waals surface area contributed by atoms with E-state index in [0.29, 0.717) is 60.0 Å². The van der Waals surface area contributed by atoms with Crippen LogP contribution in [0.15, 0.2) is 69.5 Å². The molecule has 3 aromatic rings. The summed E-state index contributed by atoms with van der Waals surface area (Å²) in [4.78, 5) is 12.6. The van der Waals surface area contributed by atoms with Gasteiger partial charge in [-0.05, 0) is 51.3 Å². The Bertz CT molecular complexity index is 1130. The van der Waals surface area contributed by atoms with E-state index in [0.717, 1.165) is 22.5 Å². The molecule has 0 atom stereocenters. The van der Waals surface area contributed by atoms with Gasteiger partial charge in [-0.2, -0.15) is 10.2 Å². The molecule has 13 heteroatoms. The van der Waals surface area contributed by atoms with Gasteiger partial charge in [0.05, 0.1) is 12.4 Å². The molecule has 1 heterocycles. The van der Waals surface area contributed by atoms with Crippen molar-refractivity contribution < 1.29 is 0 Å². The molecule has 0 aliphatic rings. The second-order valence-electron chi connectivity index (χ2n) is 8.09. The van der Waals surface area contributed by atoms with Crippen LogP contribution in [0.3, 0.4) is 0 Å². The summed E-state index contributed by atoms with van der Waals surface area (Å²) in [7, 11) is 0. The van der Waals surface area contributed by atoms with Gasteiger partial charge in [-0.25, -0.2) is 9.97 Å². The van der Waals surface area contributed by atoms with Gasteiger partial charge in [-0.15, -0.1) is 51.5 Å². The molecule has 0 amide bonds. The molecule has 2 N–H and O–H groups in total. The molecule has 0 saturated heterocycles. The van der Waals surface area contributed by atoms with Crippen LogP contribution in [-0.4, -0.2) is 72.1 Å². The molecule has 1 aromatic heterocycles. The van der Waals surface area contributed by atoms with Crippen LogP contribution in [-0.2, 0) is 0 Å². The average Bonchev–Trinajstić information content (AvgIpc) is 2.95. The second-order valence-corrected chi connectivity index (χ2v) is 10.4. The minimum atomic E-state index is 0.279. The molecule has 208 valence electrons. The Balaban J connectivity index is 1.84. The number of hydrogen-bond acceptors (Lipinski definition) is 8. The minimum absolute atomic E-state index is 0.279. The van der Waals surface area contributed by atoms with Crippen LogP contribution in [0.5, 0.6) is 0 Å². The first-order valence-corrected chi connectivity index (χ1v) is 15.0. The SMILES string of the molecule is Nc1ncnc(N(N=Cc2ccc(N(CCCl)CCCl)cc2)N=Cc2ccc(N(CCCl)CCCl)cc2)c1Br. The van der Waals surface area contributed by atoms with Crippen molar-refractivity contribution in [3.8, 4) is 0 Å². The fourth-order valence-electron chi connectivity index (χ4n) is 3.59. The largest absolute Gasteiger partial charge is 0.383 e. The highest BCUT2D eigenvalue weighted by molar-refractivity contribution is 9.10. The molecule has 0 aliphatic carbocycles. The van der Waals surface area contributed by atoms with Crippen LogP contribution < -0.4 is 20.7 Å². The lowest BCUT2D eigenvalue weighted by molar-refractivity contribution is 0.874. The summed E-state index contributed by atoms with van der Waals surface area (Å²) in [6.45, 7) is 2.86. The summed E-state index contributed by atoms with van der Waals surface area (Å²) in [5, 5.41) is 10.5. The molecule has 0 radical (unpaired) electrons. The monoisotopic (exact) mass is 672 g/mol. The lowest BCUT2D eigenvalue weighted by Crippen LogP contribution is -2.27. The maximum Gasteiger partial charge on any atom is 0.193 e. The van der Waals surface area contributed by atoms with Crippen molar-refractivity contribution in [2.24, 2.45) is 10.2 Å². The predicted molar refractivity (Wildman–Crippen MR) is 172 cm³/mol. The van der Waals surface area contributed by atoms with Gasteiger partial charge in [0.2, 0.25) is 0 Å². The normalized spacial score (nSPS) is 11.4. The van der Waals surface area contributed by atoms with Crippen molar-refractivity contribution in [2.45, 2.75) is 0 Å². The minimum Gasteiger partial charge on any atom is -0.383 e. The number of alkyl halides is 4. The van der Waals surface area contributed by atoms with Crippen LogP contribution in [0, 0.1) is 0 Å². The smallest absolute Gasteiger partial charge is 0.193 e. The number of nitrogens with two attached hydrogens (primary N) is 1. The summed E-state index contributed by atoms with van der Waals surface area (Å²) in [6, 6.07) is 15.9. The Hall–Kier alpha value is -2.30. The molecule has 3 rings (SSSR count). The van der Waals surface area contributed by atoms with E-state index in [-0.39, 0.29) is 5.82 Å². The van der Waals surface area contributed by atoms with Crippen LogP contribution >= 0.6 is 62.3 Å². The Kier molecular flexibility index (Phi) is 13.4. The van der Waals surface area contributed by atoms with Crippen molar-refractivity contribution in [3.63, 3.8) is 0 Å². The quantitative estimate of drug-likeness (QED) is 0.116. The van der Waals surface area contributed by atoms with E-state index in [1.807, 2.05) is 48.5 Å². The van der Waals surface area contributed by atoms with Crippen molar-refractivity contribution in [3.05, 3.63) is 70.5 Å². The van der Waals surface area contributed by atoms with Gasteiger partial charge in [0.15, 0.2) is 5.82 Å². The van der Waals surface area contributed by atoms with E-state index >= 15 is 0 Å². The lowest BCUT2D eigenvalue weighted by Gasteiger charge is -2.22. The van der Waals surface area contributed by atoms with E-state index in [1.165, 1.54) is 11.4 Å². The van der Waals surface area contributed by atoms with Gasteiger partial charge in [0.25, 0.3) is 0 Å². The molecule has 39 heavy (non-hydrogen) atoms. The highest BCUT2D eigenvalue weighted by Crippen LogP contribution is 2.28. The first-order valence-electron chi connectivity index (χ1n) is 12.1. The Labute approximate surface area is 257 Å². The molecule has 0 aliphatic heterocycles. The fraction of sp³-hybridized carbons (Fsp3) is 0.308. The van der Waals surface area contributed by atoms with Gasteiger partial charge >= 0.3 is 0 Å². The topological polar surface area (TPSA) is 86.2 Å². The maximum absolute atomic E-state index is 5.99. The average molecular weight is 675 g/mol. The molecule has 0 unspecified atom stereocenters. The van der Waals surface area contributed by atoms with Gasteiger partial charge in [-0.1, -0.05) is 24.3 Å². The highest BCUT2D eigenvalue weighted by Gasteiger charge is 2.13. The lowest BCUT2D eigenvalue weighted by atomic mass is 10.2. The van der Waals surface area contributed by atoms with Gasteiger partial charge in [-0.3, -0.25) is 0 Å². The summed E-state index contributed by atoms with van der Waals surface area (Å²) in [5.41, 5.74) is 9.80. The first kappa shape index (κ1) is 31.2. The Morgan fingerprint density at radius 3 is 1.49 bits per heavy atom. The number of nitrogen functional groups attached to an aromatic ring is 1. The molecule has 0 fully saturated rings. The Morgan fingerprint density at radius 1 is 0.692 bits per heavy atom. The van der Waals surface area contributed by atoms with Crippen molar-refractivity contribution >= 4 is 97.8 Å². The van der Waals surface area contributed by atoms with E-state index in [1.54, 1.807) is 12.4 Å². The van der Waals surface area contributed by atoms with E-state index in [4.69, 9.17) is 52.1 Å². The zero-order valence-corrected chi connectivity index (χ0v) is 25.7. The molecular weight excluding hydrogens is 646 g/mol. The number of nitrogens with zero attached hydrogens (tertiary/aromatic N) is 7. The summed E-state index contributed by atoms with van der Waals surface area (Å²) in [6.07, 6.45) is 4.75. The van der Waals surface area contributed by atoms with Crippen LogP contribution in [0.1, 0.15) is 11.1 Å². The van der Waals surface area contributed by atoms with Crippen molar-refractivity contribution in [2.75, 3.05) is 70.4 Å². The second kappa shape index (κ2) is 16.7. The summed E-state index contributed by atoms with van der Waals surface area (Å²) in [5.74, 6) is 2.76. The van der Waals surface area contributed by atoms with Crippen LogP contribution in [0.2, 0.25) is 0 Å². The Morgan fingerprint density at radius 2 is 1.10 bits per heavy atom. The molecule has 0 saturated carbocycles. The van der Waals surface area contributed by atoms with Gasteiger partial charge in [0.1, 0.15) is 16.6 Å². The number of rotatable bonds is 15. The number of anilines is 4. The van der Waals surface area contributed by atoms with Gasteiger partial charge < -0.3 is 15.5 Å². The zero-order chi connectivity index (χ0) is 28.0. The maximum atomic E-state index is 5.99. The molecule has 2 aromatic carbocycles. The van der Waals surface area contributed by atoms with Crippen LogP contribution in [0.25, 0.3) is 0 Å². The van der Waals surface area contributed by atoms with Crippen molar-refractivity contribution in [1.29, 1.82) is 0 Å². The summed E-state index contributed by atoms with van der Waals surface area (Å²) >= 11 is 27.2. The number of halogens is 5. The van der Waals surface area contributed by atoms with E-state index in [9.17, 15) is 0 Å². The third-order valence-corrected chi connectivity index (χ3v) is 6.99. The molecule has 0 spiro atoms. The summed E-state index contributed by atoms with van der Waals surface area (Å²) < 4.78 is 0.487. The number of hydrazone groups is 2. The number of hydrogen-bond donors (Lipinski definition) is 1. The fourth-order valence-corrected chi connectivity index (χ4v) is 4.76. The predicted octanol–water partition coefficient (Wildman–Crippen LogP) is 6.26. The third-order valence-electron chi connectivity index (χ3n) is 5.55. The highest BCUT2D eigenvalue weighted by atomic mass is 79.9. The molecule has 8 nitrogen and oxygen atoms in total. The first-order chi connectivity index (χ1) is 19.0. The van der Waals surface area contributed by atoms with Crippen molar-refractivity contribution in [1.82, 2.24) is 9.97 Å². The van der Waals surface area contributed by atoms with Crippen LogP contribution in [0.4, 0.5) is 23.0 Å². The van der Waals surface area contributed by atoms with E-state index in [2.05, 4.69) is 45.9 Å². The standard InChI is InChI=1S/C26H29BrCl4N8/c27-24-25(32)33-19-34-26(24)39(35-17-20-1-5-22(6-2-20)37(13-9-28)14-10-29)36-18-21-3-7-23(8-4-21)38(15-11-30)16-12-31/h1-8,17-19H,9-16H2,(H2,32,33,34). The number of aromatic nitrogens is 2. The molecule has 0 bridgehead atoms. The molecular formula is C26H29BrCl4N8. The van der Waals surface area contributed by atoms with E-state index < -0.39 is 0 Å². The zero-order valence-electron chi connectivity index (χ0n) is 21.1. The van der Waals surface area contributed by atoms with Gasteiger partial charge in [0, 0.05) is 61.1 Å². The number of benzene rings is 2.